The number of nitrogens with zero attached hydrogens (tertiary/aromatic N) is 1. The van der Waals surface area contributed by atoms with Gasteiger partial charge in [0.25, 0.3) is 0 Å². The summed E-state index contributed by atoms with van der Waals surface area (Å²) >= 11 is 5.57. The second-order valence-electron chi connectivity index (χ2n) is 4.25. The Kier molecular flexibility index (Phi) is 4.28. The predicted octanol–water partition coefficient (Wildman–Crippen LogP) is 0.526. The van der Waals surface area contributed by atoms with E-state index in [1.54, 1.807) is 0 Å². The molecular formula is C11H12ClFN2O4S. The molecule has 1 heterocycles. The number of carboxylic acid groups (broad SMARTS) is 1. The number of carboxylic acids is 1. The molecule has 2 N–H and O–H groups in total. The standard InChI is InChI=1S/C11H12ClFN2O4S/c12-8-5-7(1-2-9(8)13)20(18,19)15-4-3-14-6-10(15)11(16)17/h1-2,5,10,14H,3-4,6H2,(H,16,17). The topological polar surface area (TPSA) is 86.7 Å². The van der Waals surface area contributed by atoms with E-state index in [2.05, 4.69) is 5.32 Å². The predicted molar refractivity (Wildman–Crippen MR) is 69.6 cm³/mol. The van der Waals surface area contributed by atoms with Crippen molar-refractivity contribution in [2.24, 2.45) is 0 Å². The van der Waals surface area contributed by atoms with Gasteiger partial charge < -0.3 is 10.4 Å². The molecule has 1 aliphatic heterocycles. The fourth-order valence-corrected chi connectivity index (χ4v) is 3.81. The zero-order chi connectivity index (χ0) is 14.9. The van der Waals surface area contributed by atoms with Crippen LogP contribution in [0.25, 0.3) is 0 Å². The number of piperazine rings is 1. The van der Waals surface area contributed by atoms with Crippen molar-refractivity contribution in [3.63, 3.8) is 0 Å². The minimum Gasteiger partial charge on any atom is -0.480 e. The Morgan fingerprint density at radius 1 is 1.50 bits per heavy atom. The first-order valence-electron chi connectivity index (χ1n) is 5.74. The highest BCUT2D eigenvalue weighted by molar-refractivity contribution is 7.89. The van der Waals surface area contributed by atoms with Crippen molar-refractivity contribution in [1.29, 1.82) is 0 Å². The number of rotatable bonds is 3. The minimum absolute atomic E-state index is 0.0174. The van der Waals surface area contributed by atoms with Crippen molar-refractivity contribution < 1.29 is 22.7 Å². The fraction of sp³-hybridized carbons (Fsp3) is 0.364. The number of halogens is 2. The zero-order valence-corrected chi connectivity index (χ0v) is 11.8. The summed E-state index contributed by atoms with van der Waals surface area (Å²) in [6.07, 6.45) is 0. The van der Waals surface area contributed by atoms with E-state index in [0.717, 1.165) is 22.5 Å². The van der Waals surface area contributed by atoms with E-state index in [0.29, 0.717) is 6.54 Å². The first-order chi connectivity index (χ1) is 9.34. The summed E-state index contributed by atoms with van der Waals surface area (Å²) < 4.78 is 38.8. The SMILES string of the molecule is O=C(O)C1CNCCN1S(=O)(=O)c1ccc(F)c(Cl)c1. The summed E-state index contributed by atoms with van der Waals surface area (Å²) in [6.45, 7) is 0.385. The fourth-order valence-electron chi connectivity index (χ4n) is 1.96. The molecule has 1 atom stereocenters. The van der Waals surface area contributed by atoms with E-state index in [9.17, 15) is 17.6 Å². The molecule has 1 aromatic rings. The van der Waals surface area contributed by atoms with E-state index in [1.165, 1.54) is 0 Å². The molecule has 0 amide bonds. The average molecular weight is 323 g/mol. The third-order valence-electron chi connectivity index (χ3n) is 2.98. The van der Waals surface area contributed by atoms with E-state index in [-0.39, 0.29) is 23.0 Å². The second kappa shape index (κ2) is 5.65. The maximum atomic E-state index is 13.1. The number of nitrogens with one attached hydrogen (secondary N) is 1. The molecule has 1 aliphatic rings. The van der Waals surface area contributed by atoms with Gasteiger partial charge in [0.2, 0.25) is 10.0 Å². The smallest absolute Gasteiger partial charge is 0.323 e. The van der Waals surface area contributed by atoms with Crippen molar-refractivity contribution >= 4 is 27.6 Å². The van der Waals surface area contributed by atoms with Gasteiger partial charge in [-0.05, 0) is 18.2 Å². The van der Waals surface area contributed by atoms with Gasteiger partial charge in [-0.3, -0.25) is 4.79 Å². The summed E-state index contributed by atoms with van der Waals surface area (Å²) in [7, 11) is -4.03. The van der Waals surface area contributed by atoms with E-state index < -0.39 is 27.9 Å². The van der Waals surface area contributed by atoms with Crippen LogP contribution in [0.4, 0.5) is 4.39 Å². The Balaban J connectivity index is 2.42. The Bertz CT molecular complexity index is 637. The van der Waals surface area contributed by atoms with Crippen LogP contribution in [0, 0.1) is 5.82 Å². The van der Waals surface area contributed by atoms with Gasteiger partial charge in [-0.15, -0.1) is 0 Å². The van der Waals surface area contributed by atoms with Crippen LogP contribution >= 0.6 is 11.6 Å². The van der Waals surface area contributed by atoms with Gasteiger partial charge in [-0.1, -0.05) is 11.6 Å². The maximum Gasteiger partial charge on any atom is 0.323 e. The second-order valence-corrected chi connectivity index (χ2v) is 6.55. The van der Waals surface area contributed by atoms with E-state index >= 15 is 0 Å². The molecule has 0 spiro atoms. The monoisotopic (exact) mass is 322 g/mol. The van der Waals surface area contributed by atoms with Crippen LogP contribution < -0.4 is 5.32 Å². The van der Waals surface area contributed by atoms with Gasteiger partial charge in [0.15, 0.2) is 0 Å². The van der Waals surface area contributed by atoms with Crippen LogP contribution in [0.1, 0.15) is 0 Å². The number of benzene rings is 1. The van der Waals surface area contributed by atoms with Crippen molar-refractivity contribution in [2.75, 3.05) is 19.6 Å². The summed E-state index contributed by atoms with van der Waals surface area (Å²) in [5, 5.41) is 11.6. The normalized spacial score (nSPS) is 20.8. The van der Waals surface area contributed by atoms with Crippen LogP contribution in [-0.4, -0.2) is 49.5 Å². The quantitative estimate of drug-likeness (QED) is 0.847. The Hall–Kier alpha value is -1.22. The summed E-state index contributed by atoms with van der Waals surface area (Å²) in [5.74, 6) is -1.98. The van der Waals surface area contributed by atoms with Crippen molar-refractivity contribution in [3.05, 3.63) is 29.0 Å². The molecule has 0 bridgehead atoms. The third kappa shape index (κ3) is 2.78. The highest BCUT2D eigenvalue weighted by Crippen LogP contribution is 2.24. The third-order valence-corrected chi connectivity index (χ3v) is 5.17. The van der Waals surface area contributed by atoms with Gasteiger partial charge >= 0.3 is 5.97 Å². The van der Waals surface area contributed by atoms with Crippen LogP contribution in [0.2, 0.25) is 5.02 Å². The van der Waals surface area contributed by atoms with Gasteiger partial charge in [0, 0.05) is 19.6 Å². The lowest BCUT2D eigenvalue weighted by Crippen LogP contribution is -2.56. The maximum absolute atomic E-state index is 13.1. The largest absolute Gasteiger partial charge is 0.480 e. The molecule has 1 unspecified atom stereocenters. The van der Waals surface area contributed by atoms with Crippen LogP contribution in [0.5, 0.6) is 0 Å². The number of hydrogen-bond donors (Lipinski definition) is 2. The Morgan fingerprint density at radius 3 is 2.80 bits per heavy atom. The molecule has 20 heavy (non-hydrogen) atoms. The number of hydrogen-bond acceptors (Lipinski definition) is 4. The Morgan fingerprint density at radius 2 is 2.20 bits per heavy atom. The number of aliphatic carboxylic acids is 1. The van der Waals surface area contributed by atoms with Crippen LogP contribution in [-0.2, 0) is 14.8 Å². The van der Waals surface area contributed by atoms with Gasteiger partial charge in [0.1, 0.15) is 11.9 Å². The first kappa shape index (κ1) is 15.2. The summed E-state index contributed by atoms with van der Waals surface area (Å²) in [6, 6.07) is 1.79. The highest BCUT2D eigenvalue weighted by Gasteiger charge is 2.37. The highest BCUT2D eigenvalue weighted by atomic mass is 35.5. The molecule has 2 rings (SSSR count). The molecule has 110 valence electrons. The molecular weight excluding hydrogens is 311 g/mol. The molecule has 6 nitrogen and oxygen atoms in total. The summed E-state index contributed by atoms with van der Waals surface area (Å²) in [4.78, 5) is 10.9. The summed E-state index contributed by atoms with van der Waals surface area (Å²) in [5.41, 5.74) is 0. The average Bonchev–Trinajstić information content (AvgIpc) is 2.41. The van der Waals surface area contributed by atoms with Gasteiger partial charge in [0.05, 0.1) is 9.92 Å². The van der Waals surface area contributed by atoms with Crippen molar-refractivity contribution in [3.8, 4) is 0 Å². The molecule has 0 saturated carbocycles. The van der Waals surface area contributed by atoms with E-state index in [1.807, 2.05) is 0 Å². The minimum atomic E-state index is -4.03. The first-order valence-corrected chi connectivity index (χ1v) is 7.56. The molecule has 1 saturated heterocycles. The van der Waals surface area contributed by atoms with Crippen LogP contribution in [0.15, 0.2) is 23.1 Å². The van der Waals surface area contributed by atoms with Gasteiger partial charge in [-0.2, -0.15) is 4.31 Å². The van der Waals surface area contributed by atoms with E-state index in [4.69, 9.17) is 16.7 Å². The van der Waals surface area contributed by atoms with Gasteiger partial charge in [-0.25, -0.2) is 12.8 Å². The van der Waals surface area contributed by atoms with Crippen molar-refractivity contribution in [2.45, 2.75) is 10.9 Å². The lowest BCUT2D eigenvalue weighted by atomic mass is 10.2. The molecule has 0 aromatic heterocycles. The number of carbonyl (C=O) groups is 1. The zero-order valence-electron chi connectivity index (χ0n) is 10.2. The molecule has 9 heteroatoms. The van der Waals surface area contributed by atoms with Crippen molar-refractivity contribution in [1.82, 2.24) is 9.62 Å². The lowest BCUT2D eigenvalue weighted by molar-refractivity contribution is -0.141. The number of sulfonamides is 1. The molecule has 0 aliphatic carbocycles. The molecule has 1 aromatic carbocycles. The molecule has 1 fully saturated rings. The molecule has 0 radical (unpaired) electrons. The Labute approximate surface area is 120 Å². The van der Waals surface area contributed by atoms with Crippen LogP contribution in [0.3, 0.4) is 0 Å². The lowest BCUT2D eigenvalue weighted by Gasteiger charge is -2.32.